The number of allylic oxidation sites excluding steroid dienone is 7. The summed E-state index contributed by atoms with van der Waals surface area (Å²) in [6.07, 6.45) is 23.5. The average Bonchev–Trinajstić information content (AvgIpc) is 3.58. The van der Waals surface area contributed by atoms with Crippen molar-refractivity contribution < 1.29 is 14.0 Å². The number of aromatic nitrogens is 2. The molecule has 0 N–H and O–H groups in total. The predicted octanol–water partition coefficient (Wildman–Crippen LogP) is 8.00. The summed E-state index contributed by atoms with van der Waals surface area (Å²) in [6.45, 7) is 3.17. The fraction of sp³-hybridized carbons (Fsp3) is 0.361. The van der Waals surface area contributed by atoms with Crippen molar-refractivity contribution in [1.29, 1.82) is 0 Å². The van der Waals surface area contributed by atoms with Gasteiger partial charge in [0, 0.05) is 42.8 Å². The molecule has 0 bridgehead atoms. The molecule has 3 aromatic rings. The lowest BCUT2D eigenvalue weighted by Gasteiger charge is -2.14. The summed E-state index contributed by atoms with van der Waals surface area (Å²) in [7, 11) is 0. The maximum Gasteiger partial charge on any atom is 0.246 e. The number of fused-ring (bicyclic) bond motifs is 1. The standard InChI is InChI=1S/C36H38FN3O2/c1-2-7-36(42)39-19-17-29(23-39)31-22-34(40-24-38-18-16-33(31)40)30-15-14-28(21-32(30)37)35(41)11-6-9-25-8-4-3-5-10-27(20-25)26-12-13-26/h2,5,7-8,10,14-16,18,20-22,24,26,29H,3-4,6,9,11-13,17,19,23H2,1H3/b7-2+,10-5+,25-8?,27-20?. The van der Waals surface area contributed by atoms with Crippen LogP contribution in [0.25, 0.3) is 16.8 Å². The molecule has 0 spiro atoms. The van der Waals surface area contributed by atoms with E-state index in [4.69, 9.17) is 0 Å². The Kier molecular flexibility index (Phi) is 8.31. The second-order valence-electron chi connectivity index (χ2n) is 11.7. The highest BCUT2D eigenvalue weighted by Gasteiger charge is 2.29. The fourth-order valence-electron chi connectivity index (χ4n) is 6.32. The van der Waals surface area contributed by atoms with Gasteiger partial charge in [0.25, 0.3) is 0 Å². The molecule has 1 amide bonds. The van der Waals surface area contributed by atoms with Crippen molar-refractivity contribution in [1.82, 2.24) is 14.3 Å². The van der Waals surface area contributed by atoms with Crippen molar-refractivity contribution in [3.63, 3.8) is 0 Å². The Morgan fingerprint density at radius 3 is 2.79 bits per heavy atom. The van der Waals surface area contributed by atoms with Crippen LogP contribution in [-0.4, -0.2) is 39.1 Å². The lowest BCUT2D eigenvalue weighted by atomic mass is 9.96. The summed E-state index contributed by atoms with van der Waals surface area (Å²) < 4.78 is 17.5. The van der Waals surface area contributed by atoms with Crippen molar-refractivity contribution >= 4 is 17.2 Å². The van der Waals surface area contributed by atoms with E-state index < -0.39 is 5.82 Å². The monoisotopic (exact) mass is 563 g/mol. The third-order valence-corrected chi connectivity index (χ3v) is 8.74. The lowest BCUT2D eigenvalue weighted by Crippen LogP contribution is -2.26. The van der Waals surface area contributed by atoms with Gasteiger partial charge in [-0.2, -0.15) is 0 Å². The minimum Gasteiger partial charge on any atom is -0.339 e. The SMILES string of the molecule is C/C=C/C(=O)N1CCC(c2cc(-c3ccc(C(=O)CCCC4=CCC/C=C/C(C5CC5)=C4)cc3F)n3cnccc23)C1. The molecular formula is C36H38FN3O2. The quantitative estimate of drug-likeness (QED) is 0.196. The van der Waals surface area contributed by atoms with Gasteiger partial charge in [-0.05, 0) is 99.3 Å². The van der Waals surface area contributed by atoms with E-state index in [1.165, 1.54) is 30.1 Å². The third-order valence-electron chi connectivity index (χ3n) is 8.74. The summed E-state index contributed by atoms with van der Waals surface area (Å²) in [5.74, 6) is 0.440. The van der Waals surface area contributed by atoms with Gasteiger partial charge in [0.2, 0.25) is 5.91 Å². The first-order valence-electron chi connectivity index (χ1n) is 15.3. The number of nitrogens with zero attached hydrogens (tertiary/aromatic N) is 3. The van der Waals surface area contributed by atoms with Crippen LogP contribution < -0.4 is 0 Å². The van der Waals surface area contributed by atoms with Gasteiger partial charge in [-0.25, -0.2) is 9.37 Å². The second kappa shape index (κ2) is 12.4. The van der Waals surface area contributed by atoms with E-state index >= 15 is 4.39 Å². The zero-order valence-electron chi connectivity index (χ0n) is 24.3. The van der Waals surface area contributed by atoms with Crippen LogP contribution in [0.15, 0.2) is 90.5 Å². The highest BCUT2D eigenvalue weighted by atomic mass is 19.1. The average molecular weight is 564 g/mol. The molecular weight excluding hydrogens is 525 g/mol. The molecule has 1 saturated carbocycles. The van der Waals surface area contributed by atoms with E-state index in [1.807, 2.05) is 28.4 Å². The van der Waals surface area contributed by atoms with Gasteiger partial charge >= 0.3 is 0 Å². The van der Waals surface area contributed by atoms with Crippen molar-refractivity contribution in [2.24, 2.45) is 5.92 Å². The van der Waals surface area contributed by atoms with Crippen LogP contribution in [0, 0.1) is 11.7 Å². The normalized spacial score (nSPS) is 20.0. The van der Waals surface area contributed by atoms with Gasteiger partial charge in [0.05, 0.1) is 17.5 Å². The summed E-state index contributed by atoms with van der Waals surface area (Å²) in [5.41, 5.74) is 6.33. The van der Waals surface area contributed by atoms with Crippen molar-refractivity contribution in [3.8, 4) is 11.3 Å². The number of benzene rings is 1. The third kappa shape index (κ3) is 6.08. The molecule has 1 aliphatic heterocycles. The number of Topliss-reactive ketones (excluding diaryl/α,β-unsaturated/α-hetero) is 1. The van der Waals surface area contributed by atoms with Gasteiger partial charge in [0.15, 0.2) is 5.78 Å². The van der Waals surface area contributed by atoms with E-state index in [0.29, 0.717) is 42.2 Å². The molecule has 1 saturated heterocycles. The van der Waals surface area contributed by atoms with Gasteiger partial charge in [0.1, 0.15) is 5.82 Å². The number of likely N-dealkylation sites (tertiary alicyclic amines) is 1. The van der Waals surface area contributed by atoms with Gasteiger partial charge in [-0.3, -0.25) is 14.0 Å². The Hall–Kier alpha value is -4.06. The van der Waals surface area contributed by atoms with Gasteiger partial charge < -0.3 is 4.90 Å². The summed E-state index contributed by atoms with van der Waals surface area (Å²) in [5, 5.41) is 0. The zero-order valence-corrected chi connectivity index (χ0v) is 24.3. The molecule has 2 aromatic heterocycles. The predicted molar refractivity (Wildman–Crippen MR) is 165 cm³/mol. The summed E-state index contributed by atoms with van der Waals surface area (Å²) in [6, 6.07) is 8.80. The molecule has 0 radical (unpaired) electrons. The molecule has 3 aliphatic rings. The molecule has 2 fully saturated rings. The number of carbonyl (C=O) groups excluding carboxylic acids is 2. The fourth-order valence-corrected chi connectivity index (χ4v) is 6.32. The first-order valence-corrected chi connectivity index (χ1v) is 15.3. The Morgan fingerprint density at radius 1 is 1.10 bits per heavy atom. The summed E-state index contributed by atoms with van der Waals surface area (Å²) >= 11 is 0. The molecule has 6 heteroatoms. The van der Waals surface area contributed by atoms with Crippen LogP contribution in [0.5, 0.6) is 0 Å². The molecule has 1 aromatic carbocycles. The highest BCUT2D eigenvalue weighted by molar-refractivity contribution is 5.96. The maximum atomic E-state index is 15.6. The summed E-state index contributed by atoms with van der Waals surface area (Å²) in [4.78, 5) is 31.6. The smallest absolute Gasteiger partial charge is 0.246 e. The van der Waals surface area contributed by atoms with E-state index in [9.17, 15) is 9.59 Å². The molecule has 1 unspecified atom stereocenters. The van der Waals surface area contributed by atoms with E-state index in [0.717, 1.165) is 43.2 Å². The number of rotatable bonds is 9. The van der Waals surface area contributed by atoms with Crippen molar-refractivity contribution in [2.45, 2.75) is 64.2 Å². The minimum atomic E-state index is -0.418. The van der Waals surface area contributed by atoms with E-state index in [2.05, 4.69) is 29.3 Å². The number of carbonyl (C=O) groups is 2. The van der Waals surface area contributed by atoms with Crippen LogP contribution >= 0.6 is 0 Å². The van der Waals surface area contributed by atoms with Gasteiger partial charge in [-0.1, -0.05) is 42.0 Å². The van der Waals surface area contributed by atoms with Crippen molar-refractivity contribution in [3.05, 3.63) is 107 Å². The molecule has 1 atom stereocenters. The molecule has 5 nitrogen and oxygen atoms in total. The number of ketones is 1. The molecule has 216 valence electrons. The number of hydrogen-bond acceptors (Lipinski definition) is 3. The molecule has 42 heavy (non-hydrogen) atoms. The number of halogens is 1. The van der Waals surface area contributed by atoms with Crippen LogP contribution in [0.4, 0.5) is 4.39 Å². The Morgan fingerprint density at radius 2 is 1.98 bits per heavy atom. The van der Waals surface area contributed by atoms with E-state index in [1.54, 1.807) is 36.8 Å². The Bertz CT molecular complexity index is 1620. The van der Waals surface area contributed by atoms with Crippen LogP contribution in [-0.2, 0) is 4.79 Å². The Labute approximate surface area is 247 Å². The number of hydrogen-bond donors (Lipinski definition) is 0. The van der Waals surface area contributed by atoms with Crippen LogP contribution in [0.2, 0.25) is 0 Å². The van der Waals surface area contributed by atoms with Gasteiger partial charge in [-0.15, -0.1) is 0 Å². The maximum absolute atomic E-state index is 15.6. The lowest BCUT2D eigenvalue weighted by molar-refractivity contribution is -0.125. The van der Waals surface area contributed by atoms with Crippen molar-refractivity contribution in [2.75, 3.05) is 13.1 Å². The molecule has 2 aliphatic carbocycles. The molecule has 3 heterocycles. The Balaban J connectivity index is 1.16. The first kappa shape index (κ1) is 28.1. The van der Waals surface area contributed by atoms with E-state index in [-0.39, 0.29) is 17.6 Å². The minimum absolute atomic E-state index is 0.0229. The number of amides is 1. The molecule has 6 rings (SSSR count). The topological polar surface area (TPSA) is 54.7 Å². The van der Waals surface area contributed by atoms with Crippen LogP contribution in [0.1, 0.15) is 80.1 Å². The largest absolute Gasteiger partial charge is 0.339 e. The van der Waals surface area contributed by atoms with Crippen LogP contribution in [0.3, 0.4) is 0 Å². The highest BCUT2D eigenvalue weighted by Crippen LogP contribution is 2.39. The first-order chi connectivity index (χ1) is 20.5. The second-order valence-corrected chi connectivity index (χ2v) is 11.7. The zero-order chi connectivity index (χ0) is 29.1.